The number of rotatable bonds is 8. The van der Waals surface area contributed by atoms with Gasteiger partial charge >= 0.3 is 0 Å². The largest absolute Gasteiger partial charge is 0.488 e. The molecule has 0 bridgehead atoms. The Labute approximate surface area is 141 Å². The summed E-state index contributed by atoms with van der Waals surface area (Å²) in [6.45, 7) is 6.77. The number of aliphatic hydroxyl groups excluding tert-OH is 1. The summed E-state index contributed by atoms with van der Waals surface area (Å²) in [7, 11) is 0. The molecule has 1 fully saturated rings. The van der Waals surface area contributed by atoms with Gasteiger partial charge in [0.05, 0.1) is 6.10 Å². The van der Waals surface area contributed by atoms with Crippen LogP contribution in [-0.2, 0) is 6.54 Å². The maximum atomic E-state index is 9.63. The van der Waals surface area contributed by atoms with E-state index in [1.165, 1.54) is 38.5 Å². The van der Waals surface area contributed by atoms with E-state index in [1.807, 2.05) is 25.1 Å². The molecule has 3 atom stereocenters. The summed E-state index contributed by atoms with van der Waals surface area (Å²) in [5.74, 6) is 1.77. The molecular weight excluding hydrogens is 286 g/mol. The van der Waals surface area contributed by atoms with Crippen LogP contribution in [0.2, 0.25) is 0 Å². The van der Waals surface area contributed by atoms with Crippen LogP contribution in [0.3, 0.4) is 0 Å². The molecule has 1 aliphatic carbocycles. The third-order valence-electron chi connectivity index (χ3n) is 5.02. The van der Waals surface area contributed by atoms with Crippen molar-refractivity contribution in [2.24, 2.45) is 5.92 Å². The van der Waals surface area contributed by atoms with E-state index in [1.54, 1.807) is 6.92 Å². The van der Waals surface area contributed by atoms with Crippen LogP contribution in [0.4, 0.5) is 0 Å². The molecule has 1 saturated carbocycles. The lowest BCUT2D eigenvalue weighted by molar-refractivity contribution is 0.0597. The van der Waals surface area contributed by atoms with E-state index in [-0.39, 0.29) is 6.10 Å². The van der Waals surface area contributed by atoms with E-state index in [9.17, 15) is 5.11 Å². The van der Waals surface area contributed by atoms with Gasteiger partial charge in [-0.15, -0.1) is 0 Å². The van der Waals surface area contributed by atoms with Gasteiger partial charge in [0.15, 0.2) is 0 Å². The van der Waals surface area contributed by atoms with Crippen LogP contribution in [0.5, 0.6) is 5.75 Å². The van der Waals surface area contributed by atoms with Crippen molar-refractivity contribution in [3.05, 3.63) is 29.8 Å². The van der Waals surface area contributed by atoms with Gasteiger partial charge in [-0.2, -0.15) is 0 Å². The lowest BCUT2D eigenvalue weighted by Crippen LogP contribution is -2.29. The average molecular weight is 319 g/mol. The average Bonchev–Trinajstić information content (AvgIpc) is 2.55. The Hall–Kier alpha value is -1.06. The normalized spacial score (nSPS) is 20.0. The van der Waals surface area contributed by atoms with E-state index in [0.29, 0.717) is 6.04 Å². The van der Waals surface area contributed by atoms with Crippen molar-refractivity contribution < 1.29 is 9.84 Å². The zero-order chi connectivity index (χ0) is 16.7. The third-order valence-corrected chi connectivity index (χ3v) is 5.02. The van der Waals surface area contributed by atoms with E-state index >= 15 is 0 Å². The third kappa shape index (κ3) is 6.15. The van der Waals surface area contributed by atoms with Gasteiger partial charge in [0.1, 0.15) is 11.9 Å². The van der Waals surface area contributed by atoms with Crippen LogP contribution in [-0.4, -0.2) is 23.4 Å². The van der Waals surface area contributed by atoms with E-state index in [4.69, 9.17) is 4.74 Å². The number of para-hydroxylation sites is 1. The van der Waals surface area contributed by atoms with Gasteiger partial charge in [0, 0.05) is 18.2 Å². The minimum absolute atomic E-state index is 0.198. The predicted molar refractivity (Wildman–Crippen MR) is 95.7 cm³/mol. The molecule has 0 saturated heterocycles. The van der Waals surface area contributed by atoms with Crippen molar-refractivity contribution >= 4 is 0 Å². The smallest absolute Gasteiger partial charge is 0.124 e. The molecule has 130 valence electrons. The molecule has 1 aromatic rings. The molecule has 23 heavy (non-hydrogen) atoms. The summed E-state index contributed by atoms with van der Waals surface area (Å²) in [6, 6.07) is 8.65. The van der Waals surface area contributed by atoms with Crippen molar-refractivity contribution in [1.29, 1.82) is 0 Å². The first-order chi connectivity index (χ1) is 11.1. The van der Waals surface area contributed by atoms with Crippen molar-refractivity contribution in [2.45, 2.75) is 84.1 Å². The molecule has 3 nitrogen and oxygen atoms in total. The van der Waals surface area contributed by atoms with Gasteiger partial charge in [0.2, 0.25) is 0 Å². The van der Waals surface area contributed by atoms with E-state index in [2.05, 4.69) is 18.3 Å². The Morgan fingerprint density at radius 3 is 2.52 bits per heavy atom. The predicted octanol–water partition coefficient (Wildman–Crippen LogP) is 4.28. The number of ether oxygens (including phenoxy) is 1. The molecule has 0 amide bonds. The number of hydrogen-bond acceptors (Lipinski definition) is 3. The molecule has 0 spiro atoms. The number of hydrogen-bond donors (Lipinski definition) is 2. The molecule has 0 radical (unpaired) electrons. The molecular formula is C20H33NO2. The Kier molecular flexibility index (Phi) is 7.38. The van der Waals surface area contributed by atoms with Crippen molar-refractivity contribution in [3.8, 4) is 5.75 Å². The lowest BCUT2D eigenvalue weighted by atomic mass is 9.85. The number of benzene rings is 1. The van der Waals surface area contributed by atoms with Gasteiger partial charge in [-0.1, -0.05) is 50.3 Å². The molecule has 2 N–H and O–H groups in total. The minimum atomic E-state index is -0.471. The molecule has 3 heteroatoms. The number of aliphatic hydroxyl groups is 1. The van der Waals surface area contributed by atoms with Crippen LogP contribution in [0.15, 0.2) is 24.3 Å². The maximum absolute atomic E-state index is 9.63. The van der Waals surface area contributed by atoms with Crippen LogP contribution in [0.25, 0.3) is 0 Å². The Morgan fingerprint density at radius 2 is 1.83 bits per heavy atom. The topological polar surface area (TPSA) is 41.5 Å². The van der Waals surface area contributed by atoms with Gasteiger partial charge < -0.3 is 15.2 Å². The Balaban J connectivity index is 1.84. The van der Waals surface area contributed by atoms with Crippen LogP contribution >= 0.6 is 0 Å². The van der Waals surface area contributed by atoms with Crippen molar-refractivity contribution in [2.75, 3.05) is 0 Å². The second-order valence-electron chi connectivity index (χ2n) is 7.19. The molecule has 0 heterocycles. The van der Waals surface area contributed by atoms with Crippen LogP contribution in [0.1, 0.15) is 64.9 Å². The van der Waals surface area contributed by atoms with E-state index < -0.39 is 6.10 Å². The summed E-state index contributed by atoms with van der Waals surface area (Å²) in [5, 5.41) is 13.3. The summed E-state index contributed by atoms with van der Waals surface area (Å²) in [5.41, 5.74) is 1.16. The maximum Gasteiger partial charge on any atom is 0.124 e. The molecule has 2 rings (SSSR count). The van der Waals surface area contributed by atoms with Crippen molar-refractivity contribution in [1.82, 2.24) is 5.32 Å². The zero-order valence-electron chi connectivity index (χ0n) is 14.9. The summed E-state index contributed by atoms with van der Waals surface area (Å²) in [6.07, 6.45) is 7.64. The summed E-state index contributed by atoms with van der Waals surface area (Å²) in [4.78, 5) is 0. The summed E-state index contributed by atoms with van der Waals surface area (Å²) < 4.78 is 5.90. The second kappa shape index (κ2) is 9.29. The molecule has 1 aromatic carbocycles. The zero-order valence-corrected chi connectivity index (χ0v) is 14.9. The fourth-order valence-electron chi connectivity index (χ4n) is 3.35. The molecule has 1 aliphatic rings. The first-order valence-corrected chi connectivity index (χ1v) is 9.22. The quantitative estimate of drug-likeness (QED) is 0.751. The van der Waals surface area contributed by atoms with E-state index in [0.717, 1.165) is 23.8 Å². The minimum Gasteiger partial charge on any atom is -0.488 e. The monoisotopic (exact) mass is 319 g/mol. The Morgan fingerprint density at radius 1 is 1.13 bits per heavy atom. The Bertz CT molecular complexity index is 455. The first-order valence-electron chi connectivity index (χ1n) is 9.22. The van der Waals surface area contributed by atoms with Gasteiger partial charge in [-0.25, -0.2) is 0 Å². The standard InChI is InChI=1S/C20H33NO2/c1-15(13-18-9-5-4-6-10-18)21-14-19-11-7-8-12-20(19)23-17(3)16(2)22/h7-8,11-12,15-18,21-22H,4-6,9-10,13-14H2,1-3H3. The molecule has 0 aliphatic heterocycles. The first kappa shape index (κ1) is 18.3. The molecule has 0 aromatic heterocycles. The fourth-order valence-corrected chi connectivity index (χ4v) is 3.35. The van der Waals surface area contributed by atoms with Crippen molar-refractivity contribution in [3.63, 3.8) is 0 Å². The number of nitrogens with one attached hydrogen (secondary N) is 1. The van der Waals surface area contributed by atoms with Crippen LogP contribution < -0.4 is 10.1 Å². The highest BCUT2D eigenvalue weighted by atomic mass is 16.5. The van der Waals surface area contributed by atoms with Gasteiger partial charge in [0.25, 0.3) is 0 Å². The fraction of sp³-hybridized carbons (Fsp3) is 0.700. The highest BCUT2D eigenvalue weighted by Gasteiger charge is 2.17. The highest BCUT2D eigenvalue weighted by molar-refractivity contribution is 5.33. The van der Waals surface area contributed by atoms with Gasteiger partial charge in [-0.3, -0.25) is 0 Å². The van der Waals surface area contributed by atoms with Gasteiger partial charge in [-0.05, 0) is 39.2 Å². The molecule has 3 unspecified atom stereocenters. The second-order valence-corrected chi connectivity index (χ2v) is 7.19. The SMILES string of the molecule is CC(CC1CCCCC1)NCc1ccccc1OC(C)C(C)O. The lowest BCUT2D eigenvalue weighted by Gasteiger charge is -2.25. The highest BCUT2D eigenvalue weighted by Crippen LogP contribution is 2.27. The van der Waals surface area contributed by atoms with Crippen LogP contribution in [0, 0.1) is 5.92 Å². The summed E-state index contributed by atoms with van der Waals surface area (Å²) >= 11 is 0.